The van der Waals surface area contributed by atoms with Gasteiger partial charge in [-0.05, 0) is 44.2 Å². The zero-order chi connectivity index (χ0) is 16.3. The third-order valence-corrected chi connectivity index (χ3v) is 4.80. The molecule has 1 aromatic rings. The molecule has 1 aromatic carbocycles. The van der Waals surface area contributed by atoms with E-state index in [2.05, 4.69) is 56.9 Å². The Kier molecular flexibility index (Phi) is 5.15. The summed E-state index contributed by atoms with van der Waals surface area (Å²) in [6, 6.07) is 8.29. The number of fused-ring (bicyclic) bond motifs is 1. The summed E-state index contributed by atoms with van der Waals surface area (Å²) in [6.45, 7) is 8.91. The third-order valence-electron chi connectivity index (χ3n) is 4.80. The zero-order valence-corrected chi connectivity index (χ0v) is 14.6. The van der Waals surface area contributed by atoms with Crippen molar-refractivity contribution in [1.29, 1.82) is 0 Å². The first-order valence-electron chi connectivity index (χ1n) is 8.38. The second-order valence-corrected chi connectivity index (χ2v) is 7.03. The Labute approximate surface area is 134 Å². The molecule has 2 atom stereocenters. The molecule has 0 fully saturated rings. The molecule has 0 saturated carbocycles. The summed E-state index contributed by atoms with van der Waals surface area (Å²) in [4.78, 5) is 14.7. The Bertz CT molecular complexity index is 524. The number of carbonyl (C=O) groups is 1. The first-order valence-corrected chi connectivity index (χ1v) is 8.38. The minimum atomic E-state index is -0.200. The van der Waals surface area contributed by atoms with Crippen molar-refractivity contribution in [3.05, 3.63) is 29.8 Å². The summed E-state index contributed by atoms with van der Waals surface area (Å²) in [5.74, 6) is 0.387. The summed E-state index contributed by atoms with van der Waals surface area (Å²) < 4.78 is 5.12. The number of methoxy groups -OCH3 is 1. The van der Waals surface area contributed by atoms with E-state index >= 15 is 0 Å². The van der Waals surface area contributed by atoms with Crippen LogP contribution < -0.4 is 4.90 Å². The van der Waals surface area contributed by atoms with E-state index in [9.17, 15) is 4.79 Å². The minimum absolute atomic E-state index is 0.0552. The van der Waals surface area contributed by atoms with Crippen molar-refractivity contribution in [3.8, 4) is 0 Å². The van der Waals surface area contributed by atoms with Gasteiger partial charge < -0.3 is 9.64 Å². The average molecular weight is 303 g/mol. The molecule has 0 aromatic heterocycles. The molecule has 1 aliphatic heterocycles. The molecule has 0 spiro atoms. The number of hydrogen-bond donors (Lipinski definition) is 0. The van der Waals surface area contributed by atoms with Crippen molar-refractivity contribution >= 4 is 11.7 Å². The second-order valence-electron chi connectivity index (χ2n) is 7.03. The number of nitrogens with zero attached hydrogens (tertiary/aromatic N) is 1. The fraction of sp³-hybridized carbons (Fsp3) is 0.632. The van der Waals surface area contributed by atoms with E-state index in [1.54, 1.807) is 0 Å². The van der Waals surface area contributed by atoms with Crippen molar-refractivity contribution in [2.75, 3.05) is 12.0 Å². The van der Waals surface area contributed by atoms with Crippen LogP contribution in [0.3, 0.4) is 0 Å². The Morgan fingerprint density at radius 1 is 1.41 bits per heavy atom. The average Bonchev–Trinajstić information content (AvgIpc) is 2.49. The Morgan fingerprint density at radius 3 is 2.73 bits per heavy atom. The summed E-state index contributed by atoms with van der Waals surface area (Å²) in [6.07, 6.45) is 4.00. The molecule has 0 unspecified atom stereocenters. The number of benzene rings is 1. The van der Waals surface area contributed by atoms with Gasteiger partial charge in [0, 0.05) is 11.2 Å². The molecular formula is C19H29NO2. The molecule has 122 valence electrons. The van der Waals surface area contributed by atoms with E-state index in [0.29, 0.717) is 5.92 Å². The maximum absolute atomic E-state index is 12.4. The van der Waals surface area contributed by atoms with Gasteiger partial charge in [0.05, 0.1) is 7.11 Å². The van der Waals surface area contributed by atoms with Crippen LogP contribution >= 0.6 is 0 Å². The van der Waals surface area contributed by atoms with Gasteiger partial charge >= 0.3 is 5.97 Å². The highest BCUT2D eigenvalue weighted by molar-refractivity contribution is 5.81. The van der Waals surface area contributed by atoms with Crippen LogP contribution in [0.2, 0.25) is 0 Å². The van der Waals surface area contributed by atoms with Crippen molar-refractivity contribution in [2.24, 2.45) is 0 Å². The fourth-order valence-electron chi connectivity index (χ4n) is 3.88. The number of anilines is 1. The lowest BCUT2D eigenvalue weighted by molar-refractivity contribution is -0.142. The monoisotopic (exact) mass is 303 g/mol. The second kappa shape index (κ2) is 6.72. The van der Waals surface area contributed by atoms with Gasteiger partial charge in [0.2, 0.25) is 0 Å². The van der Waals surface area contributed by atoms with E-state index < -0.39 is 0 Å². The van der Waals surface area contributed by atoms with Crippen LogP contribution in [-0.2, 0) is 9.53 Å². The van der Waals surface area contributed by atoms with Gasteiger partial charge in [-0.3, -0.25) is 0 Å². The number of para-hydroxylation sites is 1. The Balaban J connectivity index is 2.48. The number of carbonyl (C=O) groups excluding carboxylic acids is 1. The van der Waals surface area contributed by atoms with Gasteiger partial charge in [0.25, 0.3) is 0 Å². The van der Waals surface area contributed by atoms with Crippen molar-refractivity contribution in [3.63, 3.8) is 0 Å². The highest BCUT2D eigenvalue weighted by Gasteiger charge is 2.42. The van der Waals surface area contributed by atoms with Crippen molar-refractivity contribution in [2.45, 2.75) is 70.9 Å². The van der Waals surface area contributed by atoms with Crippen molar-refractivity contribution < 1.29 is 9.53 Å². The number of hydrogen-bond acceptors (Lipinski definition) is 3. The molecule has 0 amide bonds. The topological polar surface area (TPSA) is 29.5 Å². The standard InChI is InChI=1S/C19H29NO2/c1-6-7-11-17(18(21)22-5)20-16-12-9-8-10-15(16)14(2)13-19(20,3)4/h8-10,12,14,17H,6-7,11,13H2,1-5H3/t14-,17+/m0/s1. The molecule has 0 bridgehead atoms. The molecule has 1 aliphatic rings. The summed E-state index contributed by atoms with van der Waals surface area (Å²) in [7, 11) is 1.49. The van der Waals surface area contributed by atoms with Gasteiger partial charge in [-0.25, -0.2) is 4.79 Å². The van der Waals surface area contributed by atoms with Crippen LogP contribution in [0.25, 0.3) is 0 Å². The molecular weight excluding hydrogens is 274 g/mol. The molecule has 0 saturated heterocycles. The number of rotatable bonds is 5. The van der Waals surface area contributed by atoms with Crippen LogP contribution in [-0.4, -0.2) is 24.7 Å². The van der Waals surface area contributed by atoms with Crippen LogP contribution in [0, 0.1) is 0 Å². The predicted molar refractivity (Wildman–Crippen MR) is 91.4 cm³/mol. The van der Waals surface area contributed by atoms with Crippen LogP contribution in [0.5, 0.6) is 0 Å². The molecule has 2 rings (SSSR count). The van der Waals surface area contributed by atoms with Gasteiger partial charge in [0.15, 0.2) is 0 Å². The SMILES string of the molecule is CCCC[C@H](C(=O)OC)N1c2ccccc2[C@@H](C)CC1(C)C. The smallest absolute Gasteiger partial charge is 0.328 e. The van der Waals surface area contributed by atoms with E-state index in [1.165, 1.54) is 18.4 Å². The first kappa shape index (κ1) is 16.9. The van der Waals surface area contributed by atoms with Crippen LogP contribution in [0.4, 0.5) is 5.69 Å². The van der Waals surface area contributed by atoms with Crippen LogP contribution in [0.15, 0.2) is 24.3 Å². The summed E-state index contributed by atoms with van der Waals surface area (Å²) >= 11 is 0. The Morgan fingerprint density at radius 2 is 2.09 bits per heavy atom. The molecule has 0 radical (unpaired) electrons. The van der Waals surface area contributed by atoms with Gasteiger partial charge in [-0.1, -0.05) is 44.9 Å². The molecule has 0 aliphatic carbocycles. The Hall–Kier alpha value is -1.51. The first-order chi connectivity index (χ1) is 10.4. The van der Waals surface area contributed by atoms with Crippen molar-refractivity contribution in [1.82, 2.24) is 0 Å². The largest absolute Gasteiger partial charge is 0.467 e. The molecule has 3 nitrogen and oxygen atoms in total. The quantitative estimate of drug-likeness (QED) is 0.750. The maximum Gasteiger partial charge on any atom is 0.328 e. The molecule has 1 heterocycles. The number of esters is 1. The molecule has 0 N–H and O–H groups in total. The van der Waals surface area contributed by atoms with E-state index in [-0.39, 0.29) is 17.6 Å². The molecule has 22 heavy (non-hydrogen) atoms. The van der Waals surface area contributed by atoms with E-state index in [4.69, 9.17) is 4.74 Å². The predicted octanol–water partition coefficient (Wildman–Crippen LogP) is 4.51. The fourth-order valence-corrected chi connectivity index (χ4v) is 3.88. The maximum atomic E-state index is 12.4. The van der Waals surface area contributed by atoms with Crippen LogP contribution in [0.1, 0.15) is 64.9 Å². The van der Waals surface area contributed by atoms with Gasteiger partial charge in [-0.2, -0.15) is 0 Å². The lowest BCUT2D eigenvalue weighted by Crippen LogP contribution is -2.56. The van der Waals surface area contributed by atoms with Gasteiger partial charge in [-0.15, -0.1) is 0 Å². The zero-order valence-electron chi connectivity index (χ0n) is 14.6. The normalized spacial score (nSPS) is 21.1. The number of ether oxygens (including phenoxy) is 1. The highest BCUT2D eigenvalue weighted by atomic mass is 16.5. The lowest BCUT2D eigenvalue weighted by atomic mass is 9.78. The number of unbranched alkanes of at least 4 members (excludes halogenated alkanes) is 1. The lowest BCUT2D eigenvalue weighted by Gasteiger charge is -2.50. The van der Waals surface area contributed by atoms with E-state index in [1.807, 2.05) is 0 Å². The minimum Gasteiger partial charge on any atom is -0.467 e. The molecule has 3 heteroatoms. The van der Waals surface area contributed by atoms with Gasteiger partial charge in [0.1, 0.15) is 6.04 Å². The third kappa shape index (κ3) is 3.13. The highest BCUT2D eigenvalue weighted by Crippen LogP contribution is 2.44. The summed E-state index contributed by atoms with van der Waals surface area (Å²) in [5.41, 5.74) is 2.48. The van der Waals surface area contributed by atoms with E-state index in [0.717, 1.165) is 25.7 Å². The summed E-state index contributed by atoms with van der Waals surface area (Å²) in [5, 5.41) is 0.